The highest BCUT2D eigenvalue weighted by molar-refractivity contribution is 7.12. The highest BCUT2D eigenvalue weighted by atomic mass is 32.1. The van der Waals surface area contributed by atoms with Gasteiger partial charge in [-0.15, -0.1) is 11.3 Å². The summed E-state index contributed by atoms with van der Waals surface area (Å²) in [6.07, 6.45) is 0.837. The van der Waals surface area contributed by atoms with Crippen molar-refractivity contribution in [1.29, 1.82) is 0 Å². The van der Waals surface area contributed by atoms with Crippen LogP contribution in [0.3, 0.4) is 0 Å². The molecule has 0 saturated heterocycles. The van der Waals surface area contributed by atoms with E-state index in [0.29, 0.717) is 6.54 Å². The molecule has 1 aromatic heterocycles. The van der Waals surface area contributed by atoms with E-state index in [2.05, 4.69) is 17.2 Å². The topological polar surface area (TPSA) is 49.3 Å². The van der Waals surface area contributed by atoms with E-state index in [-0.39, 0.29) is 12.5 Å². The molecule has 3 nitrogen and oxygen atoms in total. The minimum Gasteiger partial charge on any atom is -0.384 e. The third kappa shape index (κ3) is 4.19. The number of hydrogen-bond acceptors (Lipinski definition) is 3. The van der Waals surface area contributed by atoms with Gasteiger partial charge in [0.1, 0.15) is 6.61 Å². The Labute approximate surface area is 128 Å². The summed E-state index contributed by atoms with van der Waals surface area (Å²) in [4.78, 5) is 14.1. The number of aliphatic hydroxyl groups is 1. The van der Waals surface area contributed by atoms with Gasteiger partial charge in [-0.3, -0.25) is 4.79 Å². The van der Waals surface area contributed by atoms with Crippen molar-refractivity contribution < 1.29 is 9.90 Å². The van der Waals surface area contributed by atoms with Crippen LogP contribution in [0.25, 0.3) is 0 Å². The molecule has 0 spiro atoms. The zero-order chi connectivity index (χ0) is 15.1. The predicted octanol–water partition coefficient (Wildman–Crippen LogP) is 2.58. The molecular weight excluding hydrogens is 282 g/mol. The molecule has 0 fully saturated rings. The highest BCUT2D eigenvalue weighted by Gasteiger charge is 2.09. The Kier molecular flexibility index (Phi) is 5.56. The molecule has 0 atom stereocenters. The lowest BCUT2D eigenvalue weighted by Crippen LogP contribution is -2.23. The number of rotatable bonds is 4. The lowest BCUT2D eigenvalue weighted by Gasteiger charge is -2.07. The summed E-state index contributed by atoms with van der Waals surface area (Å²) in [5.41, 5.74) is 1.78. The summed E-state index contributed by atoms with van der Waals surface area (Å²) in [5.74, 6) is 5.42. The minimum atomic E-state index is -0.141. The smallest absolute Gasteiger partial charge is 0.251 e. The maximum atomic E-state index is 12.2. The van der Waals surface area contributed by atoms with Crippen molar-refractivity contribution in [2.45, 2.75) is 19.9 Å². The van der Waals surface area contributed by atoms with Gasteiger partial charge in [0, 0.05) is 10.4 Å². The van der Waals surface area contributed by atoms with Crippen LogP contribution >= 0.6 is 11.3 Å². The van der Waals surface area contributed by atoms with E-state index >= 15 is 0 Å². The number of hydrogen-bond donors (Lipinski definition) is 2. The maximum Gasteiger partial charge on any atom is 0.251 e. The first-order chi connectivity index (χ1) is 10.2. The van der Waals surface area contributed by atoms with E-state index in [1.165, 1.54) is 11.3 Å². The summed E-state index contributed by atoms with van der Waals surface area (Å²) >= 11 is 1.52. The van der Waals surface area contributed by atoms with E-state index in [0.717, 1.165) is 27.3 Å². The van der Waals surface area contributed by atoms with Crippen LogP contribution in [0.1, 0.15) is 32.6 Å². The molecular formula is C17H17NO2S. The molecule has 4 heteroatoms. The summed E-state index contributed by atoms with van der Waals surface area (Å²) in [6.45, 7) is 2.39. The van der Waals surface area contributed by atoms with Crippen molar-refractivity contribution in [1.82, 2.24) is 5.32 Å². The van der Waals surface area contributed by atoms with Gasteiger partial charge in [0.15, 0.2) is 0 Å². The second kappa shape index (κ2) is 7.63. The van der Waals surface area contributed by atoms with Crippen LogP contribution in [-0.2, 0) is 13.0 Å². The first-order valence-electron chi connectivity index (χ1n) is 6.79. The number of carbonyl (C=O) groups is 1. The molecule has 0 radical (unpaired) electrons. The largest absolute Gasteiger partial charge is 0.384 e. The maximum absolute atomic E-state index is 12.2. The molecule has 0 bridgehead atoms. The van der Waals surface area contributed by atoms with E-state index in [1.54, 1.807) is 0 Å². The lowest BCUT2D eigenvalue weighted by molar-refractivity contribution is 0.0950. The van der Waals surface area contributed by atoms with Crippen LogP contribution in [0.15, 0.2) is 36.4 Å². The van der Waals surface area contributed by atoms with E-state index < -0.39 is 0 Å². The SMILES string of the molecule is CCc1ccccc1C(=O)NCc1ccc(C#CCO)s1. The number of amides is 1. The zero-order valence-corrected chi connectivity index (χ0v) is 12.7. The third-order valence-electron chi connectivity index (χ3n) is 3.02. The molecule has 2 N–H and O–H groups in total. The van der Waals surface area contributed by atoms with Crippen molar-refractivity contribution in [2.24, 2.45) is 0 Å². The second-order valence-electron chi connectivity index (χ2n) is 4.42. The van der Waals surface area contributed by atoms with Crippen LogP contribution in [0, 0.1) is 11.8 Å². The molecule has 2 aromatic rings. The Morgan fingerprint density at radius 3 is 2.86 bits per heavy atom. The van der Waals surface area contributed by atoms with E-state index in [9.17, 15) is 4.79 Å². The number of aryl methyl sites for hydroxylation is 1. The quantitative estimate of drug-likeness (QED) is 0.853. The van der Waals surface area contributed by atoms with Gasteiger partial charge in [0.25, 0.3) is 5.91 Å². The number of carbonyl (C=O) groups excluding carboxylic acids is 1. The Hall–Kier alpha value is -2.09. The fourth-order valence-electron chi connectivity index (χ4n) is 1.98. The molecule has 0 aliphatic carbocycles. The fourth-order valence-corrected chi connectivity index (χ4v) is 2.80. The van der Waals surface area contributed by atoms with Gasteiger partial charge < -0.3 is 10.4 Å². The average molecular weight is 299 g/mol. The Balaban J connectivity index is 1.99. The van der Waals surface area contributed by atoms with Gasteiger partial charge in [-0.2, -0.15) is 0 Å². The number of thiophene rings is 1. The fraction of sp³-hybridized carbons (Fsp3) is 0.235. The Morgan fingerprint density at radius 2 is 2.10 bits per heavy atom. The molecule has 1 aromatic carbocycles. The average Bonchev–Trinajstić information content (AvgIpc) is 2.98. The first-order valence-corrected chi connectivity index (χ1v) is 7.60. The van der Waals surface area contributed by atoms with Gasteiger partial charge in [0.2, 0.25) is 0 Å². The van der Waals surface area contributed by atoms with Crippen molar-refractivity contribution in [3.05, 3.63) is 57.3 Å². The highest BCUT2D eigenvalue weighted by Crippen LogP contribution is 2.16. The summed E-state index contributed by atoms with van der Waals surface area (Å²) < 4.78 is 0. The standard InChI is InChI=1S/C17H17NO2S/c1-2-13-6-3-4-8-16(13)17(20)18-12-15-10-9-14(21-15)7-5-11-19/h3-4,6,8-10,19H,2,11-12H2,1H3,(H,18,20). The first kappa shape index (κ1) is 15.3. The van der Waals surface area contributed by atoms with Gasteiger partial charge in [0.05, 0.1) is 11.4 Å². The van der Waals surface area contributed by atoms with Gasteiger partial charge in [-0.05, 0) is 30.2 Å². The van der Waals surface area contributed by atoms with Gasteiger partial charge in [-0.25, -0.2) is 0 Å². The van der Waals surface area contributed by atoms with E-state index in [1.807, 2.05) is 43.3 Å². The van der Waals surface area contributed by atoms with Crippen LogP contribution in [0.5, 0.6) is 0 Å². The molecule has 0 aliphatic heterocycles. The molecule has 108 valence electrons. The molecule has 2 rings (SSSR count). The van der Waals surface area contributed by atoms with Crippen molar-refractivity contribution in [2.75, 3.05) is 6.61 Å². The molecule has 1 heterocycles. The molecule has 21 heavy (non-hydrogen) atoms. The molecule has 0 saturated carbocycles. The van der Waals surface area contributed by atoms with Crippen molar-refractivity contribution in [3.63, 3.8) is 0 Å². The lowest BCUT2D eigenvalue weighted by atomic mass is 10.0. The van der Waals surface area contributed by atoms with Gasteiger partial charge >= 0.3 is 0 Å². The molecule has 0 aliphatic rings. The van der Waals surface area contributed by atoms with Crippen molar-refractivity contribution >= 4 is 17.2 Å². The number of aliphatic hydroxyl groups excluding tert-OH is 1. The third-order valence-corrected chi connectivity index (χ3v) is 4.02. The second-order valence-corrected chi connectivity index (χ2v) is 5.59. The Bertz CT molecular complexity index is 679. The van der Waals surface area contributed by atoms with Crippen LogP contribution < -0.4 is 5.32 Å². The monoisotopic (exact) mass is 299 g/mol. The zero-order valence-electron chi connectivity index (χ0n) is 11.8. The van der Waals surface area contributed by atoms with Crippen molar-refractivity contribution in [3.8, 4) is 11.8 Å². The van der Waals surface area contributed by atoms with Crippen LogP contribution in [0.4, 0.5) is 0 Å². The van der Waals surface area contributed by atoms with E-state index in [4.69, 9.17) is 5.11 Å². The Morgan fingerprint density at radius 1 is 1.29 bits per heavy atom. The number of benzene rings is 1. The summed E-state index contributed by atoms with van der Waals surface area (Å²) in [5, 5.41) is 11.6. The van der Waals surface area contributed by atoms with Gasteiger partial charge in [-0.1, -0.05) is 37.0 Å². The summed E-state index contributed by atoms with van der Waals surface area (Å²) in [7, 11) is 0. The number of nitrogens with one attached hydrogen (secondary N) is 1. The normalized spacial score (nSPS) is 9.81. The van der Waals surface area contributed by atoms with Crippen LogP contribution in [-0.4, -0.2) is 17.6 Å². The predicted molar refractivity (Wildman–Crippen MR) is 85.3 cm³/mol. The summed E-state index contributed by atoms with van der Waals surface area (Å²) in [6, 6.07) is 11.5. The van der Waals surface area contributed by atoms with Crippen LogP contribution in [0.2, 0.25) is 0 Å². The minimum absolute atomic E-state index is 0.0520. The molecule has 1 amide bonds. The molecule has 0 unspecified atom stereocenters.